The molecule has 4 heteroatoms. The molecule has 1 rings (SSSR count). The topological polar surface area (TPSA) is 29.9 Å². The number of aryl methyl sites for hydroxylation is 2. The summed E-state index contributed by atoms with van der Waals surface area (Å²) in [5.74, 6) is 0. The van der Waals surface area contributed by atoms with Crippen molar-refractivity contribution in [2.45, 2.75) is 33.1 Å². The molecule has 0 fully saturated rings. The van der Waals surface area contributed by atoms with Gasteiger partial charge in [0.1, 0.15) is 0 Å². The van der Waals surface area contributed by atoms with E-state index in [0.717, 1.165) is 42.3 Å². The Hall–Kier alpha value is -0.540. The minimum atomic E-state index is 0.834. The van der Waals surface area contributed by atoms with Crippen molar-refractivity contribution in [3.63, 3.8) is 0 Å². The number of hydrogen-bond acceptors (Lipinski definition) is 2. The van der Waals surface area contributed by atoms with Crippen LogP contribution in [0.5, 0.6) is 0 Å². The monoisotopic (exact) mass is 229 g/mol. The molecule has 1 aromatic rings. The number of rotatable bonds is 6. The fraction of sp³-hybridized carbons (Fsp3) is 0.727. The van der Waals surface area contributed by atoms with Gasteiger partial charge in [0.05, 0.1) is 16.4 Å². The number of unbranched alkanes of at least 4 members (excludes halogenated alkanes) is 1. The van der Waals surface area contributed by atoms with Crippen LogP contribution in [0.2, 0.25) is 5.02 Å². The van der Waals surface area contributed by atoms with Crippen LogP contribution in [0, 0.1) is 6.92 Å². The average Bonchev–Trinajstić information content (AvgIpc) is 2.44. The molecule has 0 unspecified atom stereocenters. The Morgan fingerprint density at radius 3 is 2.67 bits per heavy atom. The highest BCUT2D eigenvalue weighted by Gasteiger charge is 2.09. The summed E-state index contributed by atoms with van der Waals surface area (Å²) in [7, 11) is 1.96. The van der Waals surface area contributed by atoms with Crippen LogP contribution in [0.25, 0.3) is 0 Å². The third-order valence-corrected chi connectivity index (χ3v) is 3.02. The van der Waals surface area contributed by atoms with Gasteiger partial charge in [-0.05, 0) is 39.3 Å². The molecule has 15 heavy (non-hydrogen) atoms. The van der Waals surface area contributed by atoms with E-state index in [1.54, 1.807) is 0 Å². The third-order valence-electron chi connectivity index (χ3n) is 2.53. The third kappa shape index (κ3) is 3.50. The largest absolute Gasteiger partial charge is 0.317 e. The summed E-state index contributed by atoms with van der Waals surface area (Å²) in [6.45, 7) is 6.21. The zero-order valence-corrected chi connectivity index (χ0v) is 10.6. The second-order valence-corrected chi connectivity index (χ2v) is 4.16. The van der Waals surface area contributed by atoms with Crippen molar-refractivity contribution in [3.8, 4) is 0 Å². The van der Waals surface area contributed by atoms with Crippen LogP contribution in [0.1, 0.15) is 31.2 Å². The van der Waals surface area contributed by atoms with Gasteiger partial charge in [-0.15, -0.1) is 0 Å². The molecule has 0 aliphatic carbocycles. The van der Waals surface area contributed by atoms with Crippen molar-refractivity contribution in [1.82, 2.24) is 15.1 Å². The van der Waals surface area contributed by atoms with Gasteiger partial charge in [0.25, 0.3) is 0 Å². The Bertz CT molecular complexity index is 307. The summed E-state index contributed by atoms with van der Waals surface area (Å²) >= 11 is 6.16. The van der Waals surface area contributed by atoms with E-state index in [-0.39, 0.29) is 0 Å². The van der Waals surface area contributed by atoms with Crippen LogP contribution in [-0.4, -0.2) is 22.9 Å². The van der Waals surface area contributed by atoms with Gasteiger partial charge in [0.2, 0.25) is 0 Å². The maximum Gasteiger partial charge on any atom is 0.0846 e. The molecule has 0 aliphatic rings. The lowest BCUT2D eigenvalue weighted by Crippen LogP contribution is -2.14. The summed E-state index contributed by atoms with van der Waals surface area (Å²) in [5, 5.41) is 8.44. The van der Waals surface area contributed by atoms with Gasteiger partial charge in [-0.2, -0.15) is 5.10 Å². The van der Waals surface area contributed by atoms with E-state index in [9.17, 15) is 0 Å². The van der Waals surface area contributed by atoms with Crippen molar-refractivity contribution in [2.75, 3.05) is 13.1 Å². The first-order valence-electron chi connectivity index (χ1n) is 5.55. The maximum atomic E-state index is 6.16. The van der Waals surface area contributed by atoms with E-state index in [2.05, 4.69) is 17.3 Å². The van der Waals surface area contributed by atoms with Crippen LogP contribution >= 0.6 is 11.6 Å². The minimum Gasteiger partial charge on any atom is -0.317 e. The highest BCUT2D eigenvalue weighted by atomic mass is 35.5. The molecule has 0 spiro atoms. The van der Waals surface area contributed by atoms with E-state index >= 15 is 0 Å². The molecule has 1 N–H and O–H groups in total. The number of hydrogen-bond donors (Lipinski definition) is 1. The van der Waals surface area contributed by atoms with E-state index in [4.69, 9.17) is 11.6 Å². The highest BCUT2D eigenvalue weighted by molar-refractivity contribution is 6.31. The van der Waals surface area contributed by atoms with Gasteiger partial charge >= 0.3 is 0 Å². The predicted octanol–water partition coefficient (Wildman–Crippen LogP) is 2.31. The Morgan fingerprint density at radius 2 is 2.13 bits per heavy atom. The predicted molar refractivity (Wildman–Crippen MR) is 64.4 cm³/mol. The summed E-state index contributed by atoms with van der Waals surface area (Å²) in [6, 6.07) is 0. The molecule has 3 nitrogen and oxygen atoms in total. The van der Waals surface area contributed by atoms with E-state index in [1.165, 1.54) is 6.42 Å². The van der Waals surface area contributed by atoms with Crippen LogP contribution < -0.4 is 5.32 Å². The van der Waals surface area contributed by atoms with Crippen LogP contribution in [-0.2, 0) is 13.5 Å². The number of halogens is 1. The lowest BCUT2D eigenvalue weighted by atomic mass is 10.2. The lowest BCUT2D eigenvalue weighted by molar-refractivity contribution is 0.617. The molecule has 0 bridgehead atoms. The van der Waals surface area contributed by atoms with Crippen molar-refractivity contribution in [3.05, 3.63) is 16.4 Å². The molecular formula is C11H20ClN3. The molecule has 86 valence electrons. The zero-order valence-electron chi connectivity index (χ0n) is 9.81. The van der Waals surface area contributed by atoms with Crippen LogP contribution in [0.3, 0.4) is 0 Å². The zero-order chi connectivity index (χ0) is 11.3. The van der Waals surface area contributed by atoms with Gasteiger partial charge in [0.15, 0.2) is 0 Å². The van der Waals surface area contributed by atoms with Gasteiger partial charge in [-0.3, -0.25) is 4.68 Å². The molecule has 0 aromatic carbocycles. The molecule has 1 heterocycles. The standard InChI is InChI=1S/C11H20ClN3/c1-4-13-8-6-5-7-10-11(12)9(2)14-15(10)3/h13H,4-8H2,1-3H3. The molecule has 1 aromatic heterocycles. The van der Waals surface area contributed by atoms with Crippen molar-refractivity contribution in [2.24, 2.45) is 7.05 Å². The molecule has 0 atom stereocenters. The van der Waals surface area contributed by atoms with Crippen LogP contribution in [0.15, 0.2) is 0 Å². The average molecular weight is 230 g/mol. The summed E-state index contributed by atoms with van der Waals surface area (Å²) in [6.07, 6.45) is 3.36. The van der Waals surface area contributed by atoms with E-state index < -0.39 is 0 Å². The normalized spacial score (nSPS) is 10.9. The first-order valence-corrected chi connectivity index (χ1v) is 5.93. The van der Waals surface area contributed by atoms with Crippen LogP contribution in [0.4, 0.5) is 0 Å². The SMILES string of the molecule is CCNCCCCc1c(Cl)c(C)nn1C. The number of nitrogens with zero attached hydrogens (tertiary/aromatic N) is 2. The quantitative estimate of drug-likeness (QED) is 0.759. The lowest BCUT2D eigenvalue weighted by Gasteiger charge is -2.03. The Morgan fingerprint density at radius 1 is 1.40 bits per heavy atom. The van der Waals surface area contributed by atoms with E-state index in [1.807, 2.05) is 18.7 Å². The molecular weight excluding hydrogens is 210 g/mol. The van der Waals surface area contributed by atoms with E-state index in [0.29, 0.717) is 0 Å². The molecule has 0 radical (unpaired) electrons. The van der Waals surface area contributed by atoms with Crippen molar-refractivity contribution in [1.29, 1.82) is 0 Å². The second-order valence-electron chi connectivity index (χ2n) is 3.78. The molecule has 0 saturated heterocycles. The summed E-state index contributed by atoms with van der Waals surface area (Å²) < 4.78 is 1.89. The molecule has 0 amide bonds. The van der Waals surface area contributed by atoms with Gasteiger partial charge in [-0.25, -0.2) is 0 Å². The number of nitrogens with one attached hydrogen (secondary N) is 1. The fourth-order valence-corrected chi connectivity index (χ4v) is 1.93. The van der Waals surface area contributed by atoms with Gasteiger partial charge in [-0.1, -0.05) is 18.5 Å². The number of aromatic nitrogens is 2. The Balaban J connectivity index is 2.37. The van der Waals surface area contributed by atoms with Crippen molar-refractivity contribution < 1.29 is 0 Å². The minimum absolute atomic E-state index is 0.834. The first kappa shape index (κ1) is 12.5. The summed E-state index contributed by atoms with van der Waals surface area (Å²) in [4.78, 5) is 0. The Labute approximate surface area is 96.8 Å². The highest BCUT2D eigenvalue weighted by Crippen LogP contribution is 2.20. The van der Waals surface area contributed by atoms with Crippen molar-refractivity contribution >= 4 is 11.6 Å². The van der Waals surface area contributed by atoms with Gasteiger partial charge < -0.3 is 5.32 Å². The summed E-state index contributed by atoms with van der Waals surface area (Å²) in [5.41, 5.74) is 2.09. The fourth-order valence-electron chi connectivity index (χ4n) is 1.67. The second kappa shape index (κ2) is 6.13. The Kier molecular flexibility index (Phi) is 5.12. The maximum absolute atomic E-state index is 6.16. The molecule has 0 aliphatic heterocycles. The van der Waals surface area contributed by atoms with Gasteiger partial charge in [0, 0.05) is 7.05 Å². The smallest absolute Gasteiger partial charge is 0.0846 e. The first-order chi connectivity index (χ1) is 7.16. The molecule has 0 saturated carbocycles.